The second kappa shape index (κ2) is 5.04. The fourth-order valence-corrected chi connectivity index (χ4v) is 2.23. The van der Waals surface area contributed by atoms with Crippen LogP contribution in [-0.2, 0) is 9.59 Å². The first kappa shape index (κ1) is 12.8. The molecule has 2 heterocycles. The zero-order chi connectivity index (χ0) is 14.1. The van der Waals surface area contributed by atoms with E-state index < -0.39 is 6.04 Å². The number of nitrogens with one attached hydrogen (secondary N) is 2. The maximum atomic E-state index is 12.3. The summed E-state index contributed by atoms with van der Waals surface area (Å²) in [6, 6.07) is 6.50. The lowest BCUT2D eigenvalue weighted by Crippen LogP contribution is -2.35. The number of hydrogen-bond donors (Lipinski definition) is 2. The summed E-state index contributed by atoms with van der Waals surface area (Å²) < 4.78 is 2.33. The fraction of sp³-hybridized carbons (Fsp3) is 0.167. The Morgan fingerprint density at radius 1 is 1.40 bits per heavy atom. The van der Waals surface area contributed by atoms with Gasteiger partial charge in [0.15, 0.2) is 0 Å². The van der Waals surface area contributed by atoms with Crippen LogP contribution >= 0.6 is 15.9 Å². The lowest BCUT2D eigenvalue weighted by atomic mass is 10.1. The minimum atomic E-state index is -0.690. The molecule has 1 unspecified atom stereocenters. The van der Waals surface area contributed by atoms with Crippen LogP contribution in [0.3, 0.4) is 0 Å². The quantitative estimate of drug-likeness (QED) is 0.871. The van der Waals surface area contributed by atoms with Crippen molar-refractivity contribution in [2.45, 2.75) is 12.5 Å². The Hall–Kier alpha value is -2.22. The van der Waals surface area contributed by atoms with Gasteiger partial charge in [-0.15, -0.1) is 0 Å². The Morgan fingerprint density at radius 2 is 2.15 bits per heavy atom. The molecule has 0 fully saturated rings. The Balaban J connectivity index is 1.81. The van der Waals surface area contributed by atoms with Crippen LogP contribution in [-0.4, -0.2) is 26.6 Å². The molecule has 7 nitrogen and oxygen atoms in total. The molecule has 20 heavy (non-hydrogen) atoms. The highest BCUT2D eigenvalue weighted by atomic mass is 79.9. The molecule has 102 valence electrons. The van der Waals surface area contributed by atoms with Crippen molar-refractivity contribution in [3.63, 3.8) is 0 Å². The first-order valence-corrected chi connectivity index (χ1v) is 6.68. The normalized spacial score (nSPS) is 17.2. The molecule has 0 spiro atoms. The lowest BCUT2D eigenvalue weighted by Gasteiger charge is -2.22. The summed E-state index contributed by atoms with van der Waals surface area (Å²) in [5.41, 5.74) is 0.658. The number of rotatable bonds is 2. The van der Waals surface area contributed by atoms with Crippen LogP contribution in [0.4, 0.5) is 11.6 Å². The zero-order valence-electron chi connectivity index (χ0n) is 10.2. The van der Waals surface area contributed by atoms with Gasteiger partial charge in [-0.05, 0) is 24.3 Å². The summed E-state index contributed by atoms with van der Waals surface area (Å²) in [5.74, 6) is -0.257. The number of amides is 2. The molecule has 1 aromatic heterocycles. The number of fused-ring (bicyclic) bond motifs is 1. The Kier molecular flexibility index (Phi) is 3.23. The third kappa shape index (κ3) is 2.42. The van der Waals surface area contributed by atoms with E-state index in [0.29, 0.717) is 5.69 Å². The van der Waals surface area contributed by atoms with Gasteiger partial charge in [0, 0.05) is 10.2 Å². The number of carbonyl (C=O) groups excluding carboxylic acids is 2. The monoisotopic (exact) mass is 335 g/mol. The lowest BCUT2D eigenvalue weighted by molar-refractivity contribution is -0.125. The van der Waals surface area contributed by atoms with E-state index in [1.54, 1.807) is 12.1 Å². The largest absolute Gasteiger partial charge is 0.324 e. The molecule has 2 aromatic rings. The molecule has 1 aliphatic rings. The Labute approximate surface area is 122 Å². The molecule has 8 heteroatoms. The number of halogens is 1. The fourth-order valence-electron chi connectivity index (χ4n) is 1.97. The van der Waals surface area contributed by atoms with E-state index in [2.05, 4.69) is 36.6 Å². The topological polar surface area (TPSA) is 88.9 Å². The molecule has 0 bridgehead atoms. The molecular formula is C12H10BrN5O2. The molecule has 1 aromatic carbocycles. The predicted octanol–water partition coefficient (Wildman–Crippen LogP) is 1.56. The minimum absolute atomic E-state index is 0.0404. The van der Waals surface area contributed by atoms with E-state index in [9.17, 15) is 9.59 Å². The van der Waals surface area contributed by atoms with Gasteiger partial charge in [-0.1, -0.05) is 15.9 Å². The number of carbonyl (C=O) groups is 2. The molecule has 2 amide bonds. The number of aromatic nitrogens is 3. The molecule has 0 radical (unpaired) electrons. The number of nitrogens with zero attached hydrogens (tertiary/aromatic N) is 3. The first-order chi connectivity index (χ1) is 9.63. The molecular weight excluding hydrogens is 326 g/mol. The summed E-state index contributed by atoms with van der Waals surface area (Å²) in [5, 5.41) is 9.29. The molecule has 3 rings (SSSR count). The molecule has 2 N–H and O–H groups in total. The predicted molar refractivity (Wildman–Crippen MR) is 75.1 cm³/mol. The van der Waals surface area contributed by atoms with Crippen molar-refractivity contribution in [3.05, 3.63) is 35.1 Å². The highest BCUT2D eigenvalue weighted by Crippen LogP contribution is 2.23. The van der Waals surface area contributed by atoms with Gasteiger partial charge in [-0.25, -0.2) is 4.68 Å². The van der Waals surface area contributed by atoms with Gasteiger partial charge >= 0.3 is 0 Å². The van der Waals surface area contributed by atoms with Crippen LogP contribution in [0, 0.1) is 0 Å². The van der Waals surface area contributed by atoms with Gasteiger partial charge in [0.2, 0.25) is 17.8 Å². The Morgan fingerprint density at radius 3 is 2.90 bits per heavy atom. The molecule has 1 aliphatic heterocycles. The average Bonchev–Trinajstić information content (AvgIpc) is 2.88. The van der Waals surface area contributed by atoms with Gasteiger partial charge in [0.05, 0.1) is 6.42 Å². The number of hydrogen-bond acceptors (Lipinski definition) is 4. The van der Waals surface area contributed by atoms with Crippen LogP contribution < -0.4 is 10.6 Å². The molecule has 0 saturated carbocycles. The van der Waals surface area contributed by atoms with Crippen LogP contribution in [0.1, 0.15) is 12.5 Å². The standard InChI is InChI=1S/C12H10BrN5O2/c13-7-1-3-8(4-2-7)16-11(20)9-5-10(19)17-12-14-6-15-18(9)12/h1-4,6,9H,5H2,(H,16,20)(H,14,15,17,19). The van der Waals surface area contributed by atoms with E-state index in [1.807, 2.05) is 12.1 Å². The Bertz CT molecular complexity index is 667. The number of anilines is 2. The van der Waals surface area contributed by atoms with Crippen molar-refractivity contribution in [2.75, 3.05) is 10.6 Å². The highest BCUT2D eigenvalue weighted by molar-refractivity contribution is 9.10. The van der Waals surface area contributed by atoms with E-state index >= 15 is 0 Å². The van der Waals surface area contributed by atoms with Crippen molar-refractivity contribution in [1.29, 1.82) is 0 Å². The summed E-state index contributed by atoms with van der Waals surface area (Å²) in [7, 11) is 0. The van der Waals surface area contributed by atoms with Crippen LogP contribution in [0.25, 0.3) is 0 Å². The van der Waals surface area contributed by atoms with Gasteiger partial charge in [0.25, 0.3) is 0 Å². The minimum Gasteiger partial charge on any atom is -0.324 e. The second-order valence-corrected chi connectivity index (χ2v) is 5.21. The summed E-state index contributed by atoms with van der Waals surface area (Å²) in [6.07, 6.45) is 1.35. The van der Waals surface area contributed by atoms with E-state index in [4.69, 9.17) is 0 Å². The molecule has 0 aliphatic carbocycles. The van der Waals surface area contributed by atoms with Gasteiger partial charge < -0.3 is 5.32 Å². The van der Waals surface area contributed by atoms with Gasteiger partial charge in [-0.2, -0.15) is 10.1 Å². The van der Waals surface area contributed by atoms with Crippen molar-refractivity contribution < 1.29 is 9.59 Å². The smallest absolute Gasteiger partial charge is 0.249 e. The second-order valence-electron chi connectivity index (χ2n) is 4.29. The maximum absolute atomic E-state index is 12.3. The summed E-state index contributed by atoms with van der Waals surface area (Å²) in [6.45, 7) is 0. The van der Waals surface area contributed by atoms with Crippen molar-refractivity contribution in [3.8, 4) is 0 Å². The molecule has 0 saturated heterocycles. The highest BCUT2D eigenvalue weighted by Gasteiger charge is 2.31. The van der Waals surface area contributed by atoms with Crippen molar-refractivity contribution >= 4 is 39.4 Å². The van der Waals surface area contributed by atoms with E-state index in [-0.39, 0.29) is 24.2 Å². The van der Waals surface area contributed by atoms with E-state index in [0.717, 1.165) is 4.47 Å². The van der Waals surface area contributed by atoms with E-state index in [1.165, 1.54) is 11.0 Å². The maximum Gasteiger partial charge on any atom is 0.249 e. The van der Waals surface area contributed by atoms with Gasteiger partial charge in [0.1, 0.15) is 12.4 Å². The van der Waals surface area contributed by atoms with Crippen LogP contribution in [0.15, 0.2) is 35.1 Å². The SMILES string of the molecule is O=C1CC(C(=O)Nc2ccc(Br)cc2)n2ncnc2N1. The molecule has 1 atom stereocenters. The first-order valence-electron chi connectivity index (χ1n) is 5.89. The van der Waals surface area contributed by atoms with Crippen LogP contribution in [0.5, 0.6) is 0 Å². The summed E-state index contributed by atoms with van der Waals surface area (Å²) in [4.78, 5) is 27.7. The summed E-state index contributed by atoms with van der Waals surface area (Å²) >= 11 is 3.32. The number of benzene rings is 1. The van der Waals surface area contributed by atoms with Crippen LogP contribution in [0.2, 0.25) is 0 Å². The van der Waals surface area contributed by atoms with Crippen molar-refractivity contribution in [1.82, 2.24) is 14.8 Å². The third-order valence-electron chi connectivity index (χ3n) is 2.91. The van der Waals surface area contributed by atoms with Crippen molar-refractivity contribution in [2.24, 2.45) is 0 Å². The third-order valence-corrected chi connectivity index (χ3v) is 3.44. The van der Waals surface area contributed by atoms with Gasteiger partial charge in [-0.3, -0.25) is 14.9 Å². The average molecular weight is 336 g/mol. The zero-order valence-corrected chi connectivity index (χ0v) is 11.8.